The lowest BCUT2D eigenvalue weighted by Crippen LogP contribution is -2.08. The maximum absolute atomic E-state index is 11.9. The number of rotatable bonds is 5. The van der Waals surface area contributed by atoms with Crippen LogP contribution >= 0.6 is 0 Å². The number of ketones is 1. The third-order valence-electron chi connectivity index (χ3n) is 2.54. The second-order valence-corrected chi connectivity index (χ2v) is 4.05. The minimum absolute atomic E-state index is 0.00412. The molecule has 0 heterocycles. The van der Waals surface area contributed by atoms with E-state index in [-0.39, 0.29) is 24.6 Å². The van der Waals surface area contributed by atoms with E-state index < -0.39 is 0 Å². The molecule has 0 unspecified atom stereocenters. The van der Waals surface area contributed by atoms with Crippen LogP contribution in [0.1, 0.15) is 41.3 Å². The highest BCUT2D eigenvalue weighted by molar-refractivity contribution is 5.98. The van der Waals surface area contributed by atoms with Crippen LogP contribution in [0.15, 0.2) is 18.2 Å². The van der Waals surface area contributed by atoms with E-state index in [0.29, 0.717) is 12.2 Å². The fraction of sp³-hybridized carbons (Fsp3) is 0.429. The summed E-state index contributed by atoms with van der Waals surface area (Å²) < 4.78 is 4.79. The zero-order valence-corrected chi connectivity index (χ0v) is 10.6. The summed E-state index contributed by atoms with van der Waals surface area (Å²) in [5, 5.41) is 0. The van der Waals surface area contributed by atoms with Crippen molar-refractivity contribution in [1.82, 2.24) is 0 Å². The van der Waals surface area contributed by atoms with Gasteiger partial charge in [-0.1, -0.05) is 23.8 Å². The standard InChI is InChI=1S/C14H18O3/c1-4-17-14(16)8-7-13(15)12-6-5-10(2)9-11(12)3/h5-6,9H,4,7-8H2,1-3H3. The molecular weight excluding hydrogens is 216 g/mol. The topological polar surface area (TPSA) is 43.4 Å². The number of carbonyl (C=O) groups excluding carboxylic acids is 2. The fourth-order valence-electron chi connectivity index (χ4n) is 1.71. The number of aryl methyl sites for hydroxylation is 2. The molecule has 0 bridgehead atoms. The minimum Gasteiger partial charge on any atom is -0.466 e. The van der Waals surface area contributed by atoms with Gasteiger partial charge in [0.1, 0.15) is 0 Å². The summed E-state index contributed by atoms with van der Waals surface area (Å²) in [6, 6.07) is 5.69. The molecule has 1 rings (SSSR count). The van der Waals surface area contributed by atoms with Crippen LogP contribution < -0.4 is 0 Å². The molecule has 0 N–H and O–H groups in total. The lowest BCUT2D eigenvalue weighted by molar-refractivity contribution is -0.143. The van der Waals surface area contributed by atoms with Crippen LogP contribution in [0.25, 0.3) is 0 Å². The van der Waals surface area contributed by atoms with Gasteiger partial charge in [-0.3, -0.25) is 9.59 Å². The first-order valence-corrected chi connectivity index (χ1v) is 5.80. The Morgan fingerprint density at radius 2 is 1.88 bits per heavy atom. The molecule has 0 saturated carbocycles. The minimum atomic E-state index is -0.314. The molecule has 0 atom stereocenters. The molecular formula is C14H18O3. The van der Waals surface area contributed by atoms with Crippen LogP contribution in [-0.2, 0) is 9.53 Å². The Morgan fingerprint density at radius 3 is 2.47 bits per heavy atom. The van der Waals surface area contributed by atoms with Crippen molar-refractivity contribution in [1.29, 1.82) is 0 Å². The molecule has 0 fully saturated rings. The van der Waals surface area contributed by atoms with Gasteiger partial charge in [0.15, 0.2) is 5.78 Å². The van der Waals surface area contributed by atoms with Crippen LogP contribution in [-0.4, -0.2) is 18.4 Å². The second kappa shape index (κ2) is 6.18. The van der Waals surface area contributed by atoms with Gasteiger partial charge in [0.25, 0.3) is 0 Å². The van der Waals surface area contributed by atoms with Gasteiger partial charge in [-0.05, 0) is 26.3 Å². The third-order valence-corrected chi connectivity index (χ3v) is 2.54. The highest BCUT2D eigenvalue weighted by atomic mass is 16.5. The number of benzene rings is 1. The quantitative estimate of drug-likeness (QED) is 0.581. The first kappa shape index (κ1) is 13.4. The van der Waals surface area contributed by atoms with E-state index in [2.05, 4.69) is 0 Å². The summed E-state index contributed by atoms with van der Waals surface area (Å²) >= 11 is 0. The maximum Gasteiger partial charge on any atom is 0.306 e. The predicted molar refractivity (Wildman–Crippen MR) is 66.1 cm³/mol. The van der Waals surface area contributed by atoms with Crippen molar-refractivity contribution in [3.05, 3.63) is 34.9 Å². The monoisotopic (exact) mass is 234 g/mol. The summed E-state index contributed by atoms with van der Waals surface area (Å²) in [6.45, 7) is 6.00. The van der Waals surface area contributed by atoms with Gasteiger partial charge in [-0.25, -0.2) is 0 Å². The second-order valence-electron chi connectivity index (χ2n) is 4.05. The highest BCUT2D eigenvalue weighted by Crippen LogP contribution is 2.13. The lowest BCUT2D eigenvalue weighted by atomic mass is 10.00. The maximum atomic E-state index is 11.9. The fourth-order valence-corrected chi connectivity index (χ4v) is 1.71. The summed E-state index contributed by atoms with van der Waals surface area (Å²) in [7, 11) is 0. The summed E-state index contributed by atoms with van der Waals surface area (Å²) in [5.41, 5.74) is 2.78. The van der Waals surface area contributed by atoms with Crippen molar-refractivity contribution >= 4 is 11.8 Å². The van der Waals surface area contributed by atoms with E-state index in [1.165, 1.54) is 0 Å². The number of Topliss-reactive ketones (excluding diaryl/α,β-unsaturated/α-hetero) is 1. The van der Waals surface area contributed by atoms with Crippen LogP contribution in [0, 0.1) is 13.8 Å². The van der Waals surface area contributed by atoms with Gasteiger partial charge in [0.05, 0.1) is 13.0 Å². The zero-order chi connectivity index (χ0) is 12.8. The molecule has 0 radical (unpaired) electrons. The molecule has 17 heavy (non-hydrogen) atoms. The molecule has 0 aromatic heterocycles. The van der Waals surface area contributed by atoms with Crippen LogP contribution in [0.4, 0.5) is 0 Å². The summed E-state index contributed by atoms with van der Waals surface area (Å²) in [6.07, 6.45) is 0.364. The molecule has 1 aromatic carbocycles. The average Bonchev–Trinajstić information content (AvgIpc) is 2.26. The number of hydrogen-bond acceptors (Lipinski definition) is 3. The van der Waals surface area contributed by atoms with Gasteiger partial charge >= 0.3 is 5.97 Å². The number of carbonyl (C=O) groups is 2. The molecule has 0 amide bonds. The molecule has 0 aliphatic rings. The largest absolute Gasteiger partial charge is 0.466 e. The highest BCUT2D eigenvalue weighted by Gasteiger charge is 2.11. The van der Waals surface area contributed by atoms with Gasteiger partial charge in [-0.15, -0.1) is 0 Å². The smallest absolute Gasteiger partial charge is 0.306 e. The first-order chi connectivity index (χ1) is 8.04. The normalized spacial score (nSPS) is 10.1. The lowest BCUT2D eigenvalue weighted by Gasteiger charge is -2.06. The Balaban J connectivity index is 2.61. The molecule has 92 valence electrons. The van der Waals surface area contributed by atoms with E-state index in [9.17, 15) is 9.59 Å². The molecule has 0 aliphatic heterocycles. The Morgan fingerprint density at radius 1 is 1.18 bits per heavy atom. The van der Waals surface area contributed by atoms with Gasteiger partial charge < -0.3 is 4.74 Å². The van der Waals surface area contributed by atoms with Crippen molar-refractivity contribution < 1.29 is 14.3 Å². The first-order valence-electron chi connectivity index (χ1n) is 5.80. The molecule has 3 heteroatoms. The Hall–Kier alpha value is -1.64. The summed E-state index contributed by atoms with van der Waals surface area (Å²) in [4.78, 5) is 23.0. The number of hydrogen-bond donors (Lipinski definition) is 0. The van der Waals surface area contributed by atoms with E-state index >= 15 is 0 Å². The van der Waals surface area contributed by atoms with Crippen molar-refractivity contribution in [2.24, 2.45) is 0 Å². The van der Waals surface area contributed by atoms with Crippen molar-refractivity contribution in [2.45, 2.75) is 33.6 Å². The molecule has 1 aromatic rings. The van der Waals surface area contributed by atoms with E-state index in [0.717, 1.165) is 11.1 Å². The predicted octanol–water partition coefficient (Wildman–Crippen LogP) is 2.83. The Kier molecular flexibility index (Phi) is 4.88. The Labute approximate surface area is 102 Å². The molecule has 3 nitrogen and oxygen atoms in total. The van der Waals surface area contributed by atoms with Crippen LogP contribution in [0.3, 0.4) is 0 Å². The van der Waals surface area contributed by atoms with Crippen molar-refractivity contribution in [2.75, 3.05) is 6.61 Å². The summed E-state index contributed by atoms with van der Waals surface area (Å²) in [5.74, 6) is -0.318. The van der Waals surface area contributed by atoms with Gasteiger partial charge in [0, 0.05) is 12.0 Å². The van der Waals surface area contributed by atoms with Gasteiger partial charge in [0.2, 0.25) is 0 Å². The van der Waals surface area contributed by atoms with Crippen LogP contribution in [0.5, 0.6) is 0 Å². The van der Waals surface area contributed by atoms with Gasteiger partial charge in [-0.2, -0.15) is 0 Å². The number of esters is 1. The zero-order valence-electron chi connectivity index (χ0n) is 10.6. The van der Waals surface area contributed by atoms with E-state index in [4.69, 9.17) is 4.74 Å². The van der Waals surface area contributed by atoms with E-state index in [1.54, 1.807) is 6.92 Å². The average molecular weight is 234 g/mol. The van der Waals surface area contributed by atoms with Crippen molar-refractivity contribution in [3.63, 3.8) is 0 Å². The van der Waals surface area contributed by atoms with Crippen LogP contribution in [0.2, 0.25) is 0 Å². The molecule has 0 aliphatic carbocycles. The van der Waals surface area contributed by atoms with E-state index in [1.807, 2.05) is 32.0 Å². The SMILES string of the molecule is CCOC(=O)CCC(=O)c1ccc(C)cc1C. The van der Waals surface area contributed by atoms with Crippen molar-refractivity contribution in [3.8, 4) is 0 Å². The number of ether oxygens (including phenoxy) is 1. The Bertz CT molecular complexity index is 421. The molecule has 0 saturated heterocycles. The third kappa shape index (κ3) is 4.02. The molecule has 0 spiro atoms.